The highest BCUT2D eigenvalue weighted by atomic mass is 15.3. The van der Waals surface area contributed by atoms with Gasteiger partial charge in [-0.2, -0.15) is 0 Å². The molecule has 3 aliphatic heterocycles. The summed E-state index contributed by atoms with van der Waals surface area (Å²) < 4.78 is 0. The molecule has 3 nitrogen and oxygen atoms in total. The average molecular weight is 265 g/mol. The van der Waals surface area contributed by atoms with Gasteiger partial charge in [-0.1, -0.05) is 13.3 Å². The lowest BCUT2D eigenvalue weighted by Crippen LogP contribution is -2.58. The summed E-state index contributed by atoms with van der Waals surface area (Å²) in [5.41, 5.74) is 0. The number of fused-ring (bicyclic) bond motifs is 1. The minimum Gasteiger partial charge on any atom is -0.303 e. The van der Waals surface area contributed by atoms with E-state index in [0.717, 1.165) is 12.1 Å². The van der Waals surface area contributed by atoms with Gasteiger partial charge in [0.1, 0.15) is 0 Å². The van der Waals surface area contributed by atoms with Crippen LogP contribution in [-0.4, -0.2) is 72.6 Å². The van der Waals surface area contributed by atoms with Crippen LogP contribution in [0.1, 0.15) is 45.4 Å². The Bertz CT molecular complexity index is 273. The van der Waals surface area contributed by atoms with Gasteiger partial charge < -0.3 is 4.90 Å². The van der Waals surface area contributed by atoms with Gasteiger partial charge in [0.05, 0.1) is 0 Å². The molecule has 3 heterocycles. The highest BCUT2D eigenvalue weighted by molar-refractivity contribution is 4.89. The van der Waals surface area contributed by atoms with Crippen LogP contribution in [0.25, 0.3) is 0 Å². The second kappa shape index (κ2) is 6.55. The smallest absolute Gasteiger partial charge is 0.0223 e. The van der Waals surface area contributed by atoms with E-state index in [1.165, 1.54) is 84.3 Å². The van der Waals surface area contributed by atoms with Crippen molar-refractivity contribution in [1.29, 1.82) is 0 Å². The molecular formula is C16H31N3. The van der Waals surface area contributed by atoms with E-state index >= 15 is 0 Å². The van der Waals surface area contributed by atoms with Gasteiger partial charge in [-0.15, -0.1) is 0 Å². The van der Waals surface area contributed by atoms with Crippen LogP contribution in [0.2, 0.25) is 0 Å². The molecule has 3 rings (SSSR count). The van der Waals surface area contributed by atoms with E-state index in [1.54, 1.807) is 0 Å². The minimum atomic E-state index is 0.885. The van der Waals surface area contributed by atoms with Crippen molar-refractivity contribution in [3.05, 3.63) is 0 Å². The number of hydrogen-bond donors (Lipinski definition) is 0. The van der Waals surface area contributed by atoms with Crippen molar-refractivity contribution in [3.63, 3.8) is 0 Å². The van der Waals surface area contributed by atoms with Crippen LogP contribution >= 0.6 is 0 Å². The van der Waals surface area contributed by atoms with E-state index in [2.05, 4.69) is 21.6 Å². The highest BCUT2D eigenvalue weighted by Gasteiger charge is 2.33. The van der Waals surface area contributed by atoms with Crippen LogP contribution < -0.4 is 0 Å². The summed E-state index contributed by atoms with van der Waals surface area (Å²) in [6.07, 6.45) is 8.48. The van der Waals surface area contributed by atoms with E-state index in [4.69, 9.17) is 0 Å². The number of piperazine rings is 1. The highest BCUT2D eigenvalue weighted by Crippen LogP contribution is 2.25. The molecule has 3 saturated heterocycles. The van der Waals surface area contributed by atoms with Gasteiger partial charge in [0, 0.05) is 31.7 Å². The Morgan fingerprint density at radius 3 is 2.37 bits per heavy atom. The van der Waals surface area contributed by atoms with E-state index in [9.17, 15) is 0 Å². The largest absolute Gasteiger partial charge is 0.303 e. The first-order valence-corrected chi connectivity index (χ1v) is 8.57. The Kier molecular flexibility index (Phi) is 4.78. The molecule has 1 atom stereocenters. The third-order valence-corrected chi connectivity index (χ3v) is 5.48. The fourth-order valence-corrected chi connectivity index (χ4v) is 4.34. The topological polar surface area (TPSA) is 9.72 Å². The summed E-state index contributed by atoms with van der Waals surface area (Å²) in [7, 11) is 0. The van der Waals surface area contributed by atoms with Crippen molar-refractivity contribution in [1.82, 2.24) is 14.7 Å². The van der Waals surface area contributed by atoms with Crippen molar-refractivity contribution >= 4 is 0 Å². The summed E-state index contributed by atoms with van der Waals surface area (Å²) in [5.74, 6) is 0. The van der Waals surface area contributed by atoms with Crippen LogP contribution in [0.15, 0.2) is 0 Å². The molecule has 3 heteroatoms. The third kappa shape index (κ3) is 3.32. The Hall–Kier alpha value is -0.120. The Balaban J connectivity index is 1.48. The fourth-order valence-electron chi connectivity index (χ4n) is 4.34. The van der Waals surface area contributed by atoms with Gasteiger partial charge in [-0.05, 0) is 58.3 Å². The van der Waals surface area contributed by atoms with Crippen molar-refractivity contribution in [2.24, 2.45) is 0 Å². The van der Waals surface area contributed by atoms with Crippen LogP contribution in [-0.2, 0) is 0 Å². The molecule has 0 aromatic heterocycles. The summed E-state index contributed by atoms with van der Waals surface area (Å²) in [6, 6.07) is 1.77. The predicted octanol–water partition coefficient (Wildman–Crippen LogP) is 2.03. The Labute approximate surface area is 118 Å². The van der Waals surface area contributed by atoms with Crippen molar-refractivity contribution in [2.45, 2.75) is 57.5 Å². The second-order valence-corrected chi connectivity index (χ2v) is 6.75. The normalized spacial score (nSPS) is 32.4. The third-order valence-electron chi connectivity index (χ3n) is 5.48. The van der Waals surface area contributed by atoms with Crippen molar-refractivity contribution in [3.8, 4) is 0 Å². The zero-order valence-corrected chi connectivity index (χ0v) is 12.7. The lowest BCUT2D eigenvalue weighted by Gasteiger charge is -2.48. The van der Waals surface area contributed by atoms with Gasteiger partial charge in [0.25, 0.3) is 0 Å². The summed E-state index contributed by atoms with van der Waals surface area (Å²) >= 11 is 0. The number of likely N-dealkylation sites (tertiary alicyclic amines) is 1. The maximum atomic E-state index is 2.83. The summed E-state index contributed by atoms with van der Waals surface area (Å²) in [5, 5.41) is 0. The molecule has 0 bridgehead atoms. The number of hydrogen-bond acceptors (Lipinski definition) is 3. The number of rotatable bonds is 3. The number of piperidine rings is 2. The number of nitrogens with zero attached hydrogens (tertiary/aromatic N) is 3. The lowest BCUT2D eigenvalue weighted by molar-refractivity contribution is 0.00992. The van der Waals surface area contributed by atoms with E-state index in [0.29, 0.717) is 0 Å². The first-order chi connectivity index (χ1) is 9.36. The van der Waals surface area contributed by atoms with Gasteiger partial charge in [0.2, 0.25) is 0 Å². The fraction of sp³-hybridized carbons (Fsp3) is 1.00. The Morgan fingerprint density at radius 2 is 1.58 bits per heavy atom. The molecule has 3 aliphatic rings. The molecule has 3 fully saturated rings. The van der Waals surface area contributed by atoms with Gasteiger partial charge >= 0.3 is 0 Å². The summed E-state index contributed by atoms with van der Waals surface area (Å²) in [4.78, 5) is 8.25. The second-order valence-electron chi connectivity index (χ2n) is 6.75. The molecule has 0 aliphatic carbocycles. The van der Waals surface area contributed by atoms with E-state index in [1.807, 2.05) is 0 Å². The molecule has 19 heavy (non-hydrogen) atoms. The molecule has 0 N–H and O–H groups in total. The van der Waals surface area contributed by atoms with Crippen molar-refractivity contribution < 1.29 is 0 Å². The van der Waals surface area contributed by atoms with Gasteiger partial charge in [-0.3, -0.25) is 9.80 Å². The average Bonchev–Trinajstić information content (AvgIpc) is 2.48. The van der Waals surface area contributed by atoms with E-state index < -0.39 is 0 Å². The molecule has 0 saturated carbocycles. The monoisotopic (exact) mass is 265 g/mol. The minimum absolute atomic E-state index is 0.885. The molecule has 0 amide bonds. The zero-order valence-electron chi connectivity index (χ0n) is 12.7. The molecule has 1 unspecified atom stereocenters. The SMILES string of the molecule is CCCN1CCC(N2CCN3CCCCC3C2)CC1. The van der Waals surface area contributed by atoms with Gasteiger partial charge in [-0.25, -0.2) is 0 Å². The van der Waals surface area contributed by atoms with Crippen LogP contribution in [0.4, 0.5) is 0 Å². The van der Waals surface area contributed by atoms with Crippen molar-refractivity contribution in [2.75, 3.05) is 45.8 Å². The molecule has 110 valence electrons. The van der Waals surface area contributed by atoms with Crippen LogP contribution in [0.3, 0.4) is 0 Å². The predicted molar refractivity (Wildman–Crippen MR) is 80.5 cm³/mol. The van der Waals surface area contributed by atoms with Crippen LogP contribution in [0, 0.1) is 0 Å². The lowest BCUT2D eigenvalue weighted by atomic mass is 9.96. The molecule has 0 radical (unpaired) electrons. The quantitative estimate of drug-likeness (QED) is 0.773. The van der Waals surface area contributed by atoms with E-state index in [-0.39, 0.29) is 0 Å². The standard InChI is InChI=1S/C16H31N3/c1-2-8-17-10-6-15(7-11-17)19-13-12-18-9-4-3-5-16(18)14-19/h15-16H,2-14H2,1H3. The molecule has 0 aromatic carbocycles. The molecule has 0 aromatic rings. The molecule has 0 spiro atoms. The van der Waals surface area contributed by atoms with Gasteiger partial charge in [0.15, 0.2) is 0 Å². The maximum absolute atomic E-state index is 2.83. The maximum Gasteiger partial charge on any atom is 0.0223 e. The Morgan fingerprint density at radius 1 is 0.789 bits per heavy atom. The zero-order chi connectivity index (χ0) is 13.1. The first-order valence-electron chi connectivity index (χ1n) is 8.57. The molecular weight excluding hydrogens is 234 g/mol. The summed E-state index contributed by atoms with van der Waals surface area (Å²) in [6.45, 7) is 11.7. The first kappa shape index (κ1) is 13.8. The van der Waals surface area contributed by atoms with Crippen LogP contribution in [0.5, 0.6) is 0 Å².